The van der Waals surface area contributed by atoms with E-state index < -0.39 is 71.9 Å². The van der Waals surface area contributed by atoms with Gasteiger partial charge >= 0.3 is 17.9 Å². The zero-order chi connectivity index (χ0) is 37.5. The number of aliphatic hydroxyl groups excluding tert-OH is 1. The Morgan fingerprint density at radius 1 is 0.960 bits per heavy atom. The fraction of sp³-hybridized carbons (Fsp3) is 0.541. The first-order chi connectivity index (χ1) is 23.5. The Hall–Kier alpha value is -3.94. The van der Waals surface area contributed by atoms with Gasteiger partial charge < -0.3 is 30.5 Å². The van der Waals surface area contributed by atoms with Crippen LogP contribution in [0.15, 0.2) is 60.7 Å². The van der Waals surface area contributed by atoms with E-state index in [-0.39, 0.29) is 18.3 Å². The van der Waals surface area contributed by atoms with Crippen LogP contribution in [0.4, 0.5) is 0 Å². The van der Waals surface area contributed by atoms with E-state index in [9.17, 15) is 29.1 Å². The fourth-order valence-corrected chi connectivity index (χ4v) is 5.42. The van der Waals surface area contributed by atoms with Crippen molar-refractivity contribution in [3.8, 4) is 0 Å². The molecule has 2 rings (SSSR count). The van der Waals surface area contributed by atoms with Gasteiger partial charge in [-0.05, 0) is 57.4 Å². The number of carbonyl (C=O) groups excluding carboxylic acids is 5. The molecule has 0 aromatic heterocycles. The lowest BCUT2D eigenvalue weighted by molar-refractivity contribution is -0.232. The number of amides is 2. The van der Waals surface area contributed by atoms with Crippen molar-refractivity contribution in [2.75, 3.05) is 12.0 Å². The molecule has 2 amide bonds. The quantitative estimate of drug-likeness (QED) is 0.115. The topological polar surface area (TPSA) is 175 Å². The first-order valence-corrected chi connectivity index (χ1v) is 18.2. The minimum atomic E-state index is -2.72. The molecule has 2 aromatic rings. The maximum absolute atomic E-state index is 14.6. The second kappa shape index (κ2) is 20.0. The van der Waals surface area contributed by atoms with Crippen molar-refractivity contribution in [1.82, 2.24) is 10.4 Å². The van der Waals surface area contributed by atoms with Gasteiger partial charge in [0, 0.05) is 12.2 Å². The Labute approximate surface area is 299 Å². The number of hydroxylamine groups is 2. The number of carbonyl (C=O) groups is 5. The molecular weight excluding hydrogens is 662 g/mol. The lowest BCUT2D eigenvalue weighted by atomic mass is 9.87. The van der Waals surface area contributed by atoms with E-state index in [1.54, 1.807) is 88.5 Å². The van der Waals surface area contributed by atoms with Crippen molar-refractivity contribution in [1.29, 1.82) is 0 Å². The van der Waals surface area contributed by atoms with Crippen molar-refractivity contribution in [3.05, 3.63) is 71.8 Å². The summed E-state index contributed by atoms with van der Waals surface area (Å²) in [6.45, 7) is 9.80. The number of nitrogens with zero attached hydrogens (tertiary/aromatic N) is 1. The number of hydrogen-bond donors (Lipinski definition) is 3. The van der Waals surface area contributed by atoms with Crippen molar-refractivity contribution < 1.29 is 43.4 Å². The van der Waals surface area contributed by atoms with E-state index in [4.69, 9.17) is 20.0 Å². The average molecular weight is 716 g/mol. The highest BCUT2D eigenvalue weighted by Crippen LogP contribution is 2.29. The molecule has 0 spiro atoms. The molecule has 0 saturated carbocycles. The predicted octanol–water partition coefficient (Wildman–Crippen LogP) is 4.11. The van der Waals surface area contributed by atoms with Gasteiger partial charge in [0.25, 0.3) is 17.4 Å². The zero-order valence-electron chi connectivity index (χ0n) is 30.2. The molecule has 0 heterocycles. The van der Waals surface area contributed by atoms with Crippen molar-refractivity contribution in [2.45, 2.75) is 110 Å². The van der Waals surface area contributed by atoms with Crippen LogP contribution in [0.3, 0.4) is 0 Å². The summed E-state index contributed by atoms with van der Waals surface area (Å²) in [7, 11) is 0. The van der Waals surface area contributed by atoms with Crippen LogP contribution in [0.5, 0.6) is 0 Å². The van der Waals surface area contributed by atoms with Gasteiger partial charge in [0.2, 0.25) is 0 Å². The van der Waals surface area contributed by atoms with Gasteiger partial charge in [-0.3, -0.25) is 9.59 Å². The third-order valence-corrected chi connectivity index (χ3v) is 8.48. The van der Waals surface area contributed by atoms with Crippen LogP contribution in [-0.4, -0.2) is 81.2 Å². The second-order valence-corrected chi connectivity index (χ2v) is 14.3. The van der Waals surface area contributed by atoms with Gasteiger partial charge in [-0.1, -0.05) is 87.4 Å². The normalized spacial score (nSPS) is 15.0. The monoisotopic (exact) mass is 715 g/mol. The van der Waals surface area contributed by atoms with E-state index in [0.717, 1.165) is 12.8 Å². The molecule has 5 atom stereocenters. The number of benzene rings is 2. The van der Waals surface area contributed by atoms with Crippen LogP contribution in [0.2, 0.25) is 0 Å². The largest absolute Gasteiger partial charge is 0.459 e. The second-order valence-electron chi connectivity index (χ2n) is 13.4. The standard InChI is InChI=1S/C37H53N3O9S/c1-8-9-16-25(2)30(41)21-31(42)49-40(32(43)29(38)24-50-7)37(35(46)48-36(4,5)6,22-27-17-12-10-13-18-27)34(45)39-26(3)33(44)47-23-28-19-14-11-15-20-28/h10-15,17-20,25-26,29-30,41H,8-9,16,21-24,38H2,1-7H3,(H,39,45)/t25-,26-,29-,30-,37-/m0/s1. The van der Waals surface area contributed by atoms with Crippen molar-refractivity contribution >= 4 is 41.5 Å². The number of aliphatic hydroxyl groups is 1. The SMILES string of the molecule is CCCC[C@H](C)[C@@H](O)CC(=O)ON(C(=O)[C@@H](N)CSC)[C@@](Cc1ccccc1)(C(=O)N[C@@H](C)C(=O)OCc1ccccc1)C(=O)OC(C)(C)C. The Kier molecular flexibility index (Phi) is 16.9. The van der Waals surface area contributed by atoms with E-state index >= 15 is 0 Å². The summed E-state index contributed by atoms with van der Waals surface area (Å²) in [5.74, 6) is -5.59. The summed E-state index contributed by atoms with van der Waals surface area (Å²) in [5.41, 5.74) is 3.47. The molecule has 2 aromatic carbocycles. The van der Waals surface area contributed by atoms with E-state index in [1.165, 1.54) is 18.7 Å². The van der Waals surface area contributed by atoms with Crippen LogP contribution in [-0.2, 0) is 51.3 Å². The molecule has 276 valence electrons. The number of thioether (sulfide) groups is 1. The number of esters is 2. The third kappa shape index (κ3) is 12.7. The summed E-state index contributed by atoms with van der Waals surface area (Å²) in [4.78, 5) is 75.6. The summed E-state index contributed by atoms with van der Waals surface area (Å²) in [6, 6.07) is 14.6. The summed E-state index contributed by atoms with van der Waals surface area (Å²) >= 11 is 1.23. The fourth-order valence-electron chi connectivity index (χ4n) is 4.92. The Balaban J connectivity index is 2.69. The Bertz CT molecular complexity index is 1400. The van der Waals surface area contributed by atoms with Gasteiger partial charge in [-0.25, -0.2) is 14.4 Å². The minimum absolute atomic E-state index is 0.0448. The highest BCUT2D eigenvalue weighted by Gasteiger charge is 2.59. The van der Waals surface area contributed by atoms with Crippen LogP contribution < -0.4 is 11.1 Å². The molecule has 0 bridgehead atoms. The average Bonchev–Trinajstić information content (AvgIpc) is 3.07. The van der Waals surface area contributed by atoms with Crippen LogP contribution >= 0.6 is 11.8 Å². The van der Waals surface area contributed by atoms with Gasteiger partial charge in [-0.15, -0.1) is 5.06 Å². The number of nitrogens with two attached hydrogens (primary N) is 1. The van der Waals surface area contributed by atoms with Crippen LogP contribution in [0.25, 0.3) is 0 Å². The number of ether oxygens (including phenoxy) is 2. The van der Waals surface area contributed by atoms with Gasteiger partial charge in [0.15, 0.2) is 0 Å². The molecule has 12 nitrogen and oxygen atoms in total. The van der Waals surface area contributed by atoms with Crippen molar-refractivity contribution in [2.24, 2.45) is 11.7 Å². The lowest BCUT2D eigenvalue weighted by Gasteiger charge is -2.41. The molecule has 0 aliphatic carbocycles. The lowest BCUT2D eigenvalue weighted by Crippen LogP contribution is -2.70. The first-order valence-electron chi connectivity index (χ1n) is 16.8. The van der Waals surface area contributed by atoms with Gasteiger partial charge in [-0.2, -0.15) is 11.8 Å². The van der Waals surface area contributed by atoms with Crippen LogP contribution in [0.1, 0.15) is 78.4 Å². The number of rotatable bonds is 18. The van der Waals surface area contributed by atoms with Crippen molar-refractivity contribution in [3.63, 3.8) is 0 Å². The Morgan fingerprint density at radius 2 is 1.54 bits per heavy atom. The molecule has 0 unspecified atom stereocenters. The summed E-state index contributed by atoms with van der Waals surface area (Å²) in [5, 5.41) is 13.7. The number of unbranched alkanes of at least 4 members (excludes halogenated alkanes) is 1. The third-order valence-electron chi connectivity index (χ3n) is 7.79. The first kappa shape index (κ1) is 42.2. The molecular formula is C37H53N3O9S. The molecule has 4 N–H and O–H groups in total. The maximum atomic E-state index is 14.6. The summed E-state index contributed by atoms with van der Waals surface area (Å²) < 4.78 is 11.2. The molecule has 50 heavy (non-hydrogen) atoms. The molecule has 0 aliphatic rings. The molecule has 0 fully saturated rings. The summed E-state index contributed by atoms with van der Waals surface area (Å²) in [6.07, 6.45) is 1.87. The van der Waals surface area contributed by atoms with Gasteiger partial charge in [0.05, 0.1) is 18.6 Å². The minimum Gasteiger partial charge on any atom is -0.459 e. The van der Waals surface area contributed by atoms with E-state index in [2.05, 4.69) is 5.32 Å². The van der Waals surface area contributed by atoms with Crippen LogP contribution in [0, 0.1) is 5.92 Å². The highest BCUT2D eigenvalue weighted by atomic mass is 32.2. The molecule has 13 heteroatoms. The molecule has 0 radical (unpaired) electrons. The van der Waals surface area contributed by atoms with E-state index in [1.807, 2.05) is 13.0 Å². The van der Waals surface area contributed by atoms with Gasteiger partial charge in [0.1, 0.15) is 18.2 Å². The predicted molar refractivity (Wildman–Crippen MR) is 191 cm³/mol. The smallest absolute Gasteiger partial charge is 0.346 e. The molecule has 0 saturated heterocycles. The highest BCUT2D eigenvalue weighted by molar-refractivity contribution is 7.98. The van der Waals surface area contributed by atoms with E-state index in [0.29, 0.717) is 22.6 Å². The zero-order valence-corrected chi connectivity index (χ0v) is 31.0. The maximum Gasteiger partial charge on any atom is 0.346 e. The number of hydrogen-bond acceptors (Lipinski definition) is 11. The molecule has 0 aliphatic heterocycles. The number of nitrogens with one attached hydrogen (secondary N) is 1. The Morgan fingerprint density at radius 3 is 2.08 bits per heavy atom.